The number of aromatic nitrogens is 3. The molecule has 5 heterocycles. The number of aryl methyl sites for hydroxylation is 1. The number of amides is 3. The number of benzene rings is 1. The number of Topliss-reactive ketones (excluding diaryl/α,β-unsaturated/α-hetero) is 2. The third-order valence-electron chi connectivity index (χ3n) is 7.66. The van der Waals surface area contributed by atoms with Crippen LogP contribution in [0.5, 0.6) is 0 Å². The molecule has 0 fully saturated rings. The maximum atomic E-state index is 12.5. The molecule has 0 atom stereocenters. The third-order valence-corrected chi connectivity index (χ3v) is 7.66. The van der Waals surface area contributed by atoms with Gasteiger partial charge >= 0.3 is 23.9 Å². The Morgan fingerprint density at radius 3 is 2.00 bits per heavy atom. The quantitative estimate of drug-likeness (QED) is 0.111. The van der Waals surface area contributed by atoms with Crippen molar-refractivity contribution in [3.8, 4) is 22.5 Å². The third kappa shape index (κ3) is 7.74. The lowest BCUT2D eigenvalue weighted by Crippen LogP contribution is -2.39. The summed E-state index contributed by atoms with van der Waals surface area (Å²) in [5, 5.41) is 2.87. The van der Waals surface area contributed by atoms with E-state index in [-0.39, 0.29) is 17.7 Å². The molecule has 3 aromatic heterocycles. The van der Waals surface area contributed by atoms with Crippen molar-refractivity contribution in [3.05, 3.63) is 95.1 Å². The Bertz CT molecular complexity index is 1880. The summed E-state index contributed by atoms with van der Waals surface area (Å²) in [6.07, 6.45) is -4.87. The summed E-state index contributed by atoms with van der Waals surface area (Å²) in [6.45, 7) is 1.05. The van der Waals surface area contributed by atoms with Crippen LogP contribution in [-0.2, 0) is 22.4 Å². The van der Waals surface area contributed by atoms with E-state index in [2.05, 4.69) is 20.3 Å². The molecule has 49 heavy (non-hydrogen) atoms. The van der Waals surface area contributed by atoms with Gasteiger partial charge in [0.05, 0.1) is 22.4 Å². The second-order valence-electron chi connectivity index (χ2n) is 11.0. The molecule has 0 unspecified atom stereocenters. The first-order chi connectivity index (χ1) is 23.1. The van der Waals surface area contributed by atoms with E-state index in [4.69, 9.17) is 0 Å². The van der Waals surface area contributed by atoms with Gasteiger partial charge in [0.25, 0.3) is 17.7 Å². The van der Waals surface area contributed by atoms with Gasteiger partial charge in [-0.2, -0.15) is 26.3 Å². The summed E-state index contributed by atoms with van der Waals surface area (Å²) in [4.78, 5) is 70.2. The molecule has 1 aromatic carbocycles. The fourth-order valence-electron chi connectivity index (χ4n) is 5.20. The molecule has 2 aliphatic heterocycles. The minimum Gasteiger partial charge on any atom is -0.358 e. The number of nitrogens with one attached hydrogen (secondary N) is 2. The molecule has 0 spiro atoms. The second-order valence-corrected chi connectivity index (χ2v) is 11.0. The summed E-state index contributed by atoms with van der Waals surface area (Å²) in [5.41, 5.74) is 7.17. The predicted octanol–water partition coefficient (Wildman–Crippen LogP) is 5.29. The van der Waals surface area contributed by atoms with Crippen LogP contribution in [0.4, 0.5) is 26.3 Å². The van der Waals surface area contributed by atoms with Crippen LogP contribution >= 0.6 is 0 Å². The number of ketones is 2. The zero-order chi connectivity index (χ0) is 35.5. The van der Waals surface area contributed by atoms with Gasteiger partial charge in [-0.1, -0.05) is 12.1 Å². The largest absolute Gasteiger partial charge is 0.458 e. The molecule has 2 aliphatic rings. The topological polar surface area (TPSA) is 142 Å². The first-order valence-corrected chi connectivity index (χ1v) is 14.7. The van der Waals surface area contributed by atoms with Crippen LogP contribution in [0.2, 0.25) is 0 Å². The highest BCUT2D eigenvalue weighted by Crippen LogP contribution is 2.28. The number of hydrogen-bond donors (Lipinski definition) is 2. The fourth-order valence-corrected chi connectivity index (χ4v) is 5.20. The van der Waals surface area contributed by atoms with Crippen molar-refractivity contribution in [1.29, 1.82) is 0 Å². The molecule has 3 amide bonds. The summed E-state index contributed by atoms with van der Waals surface area (Å²) in [7, 11) is 0. The number of fused-ring (bicyclic) bond motifs is 2. The monoisotopic (exact) mass is 685 g/mol. The molecule has 0 aliphatic carbocycles. The predicted molar refractivity (Wildman–Crippen MR) is 160 cm³/mol. The summed E-state index contributed by atoms with van der Waals surface area (Å²) in [5.74, 6) is -7.27. The zero-order valence-electron chi connectivity index (χ0n) is 25.2. The normalized spacial score (nSPS) is 14.1. The Labute approximate surface area is 273 Å². The van der Waals surface area contributed by atoms with Gasteiger partial charge in [0.2, 0.25) is 0 Å². The maximum absolute atomic E-state index is 12.5. The Morgan fingerprint density at radius 1 is 0.776 bits per heavy atom. The number of nitrogens with zero attached hydrogens (tertiary/aromatic N) is 3. The van der Waals surface area contributed by atoms with Crippen molar-refractivity contribution in [2.45, 2.75) is 38.0 Å². The standard InChI is InChI=1S/C29H25N5O3.C4F6O2/c35-27-23-16-26(33-24(23)11-13-31-27)18-10-12-30-25(15-18)19-8-9-20(32-17-19)5-3-4-14-34-28(36)21-6-1-2-7-22(21)29(34)37;5-3(6,7)1(11)2(12)4(8,9)10/h1-2,6-10,12,15-17,33H,3-5,11,13-14H2,(H,31,35);. The van der Waals surface area contributed by atoms with Crippen LogP contribution in [0.25, 0.3) is 22.5 Å². The Kier molecular flexibility index (Phi) is 9.78. The van der Waals surface area contributed by atoms with E-state index in [1.165, 1.54) is 4.90 Å². The molecule has 0 saturated heterocycles. The first-order valence-electron chi connectivity index (χ1n) is 14.7. The van der Waals surface area contributed by atoms with Gasteiger partial charge in [-0.15, -0.1) is 0 Å². The fraction of sp³-hybridized carbons (Fsp3) is 0.242. The van der Waals surface area contributed by atoms with E-state index in [0.717, 1.165) is 59.6 Å². The number of carbonyl (C=O) groups is 5. The number of halogens is 6. The van der Waals surface area contributed by atoms with E-state index in [9.17, 15) is 50.3 Å². The highest BCUT2D eigenvalue weighted by Gasteiger charge is 2.54. The SMILES string of the molecule is O=C(C(=O)C(F)(F)F)C(F)(F)F.O=C1NCCc2[nH]c(-c3ccnc(-c4ccc(CCCCN5C(=O)c6ccccc6C5=O)nc4)c3)cc21. The number of hydrogen-bond acceptors (Lipinski definition) is 7. The maximum Gasteiger partial charge on any atom is 0.458 e. The van der Waals surface area contributed by atoms with Crippen LogP contribution in [0.15, 0.2) is 67.0 Å². The minimum absolute atomic E-state index is 0.0402. The average Bonchev–Trinajstić information content (AvgIpc) is 3.62. The number of pyridine rings is 2. The molecular weight excluding hydrogens is 660 g/mol. The molecule has 10 nitrogen and oxygen atoms in total. The van der Waals surface area contributed by atoms with E-state index >= 15 is 0 Å². The Hall–Kier alpha value is -5.67. The van der Waals surface area contributed by atoms with Crippen LogP contribution < -0.4 is 5.32 Å². The number of rotatable bonds is 8. The van der Waals surface area contributed by atoms with Crippen molar-refractivity contribution < 1.29 is 50.3 Å². The van der Waals surface area contributed by atoms with Crippen molar-refractivity contribution in [1.82, 2.24) is 25.2 Å². The molecular formula is C33H25F6N5O5. The molecule has 0 bridgehead atoms. The number of aromatic amines is 1. The second kappa shape index (κ2) is 13.8. The lowest BCUT2D eigenvalue weighted by molar-refractivity contribution is -0.193. The summed E-state index contributed by atoms with van der Waals surface area (Å²) >= 11 is 0. The highest BCUT2D eigenvalue weighted by molar-refractivity contribution is 6.41. The van der Waals surface area contributed by atoms with E-state index < -0.39 is 23.9 Å². The van der Waals surface area contributed by atoms with Gasteiger partial charge in [-0.05, 0) is 61.7 Å². The van der Waals surface area contributed by atoms with E-state index in [0.29, 0.717) is 29.8 Å². The number of carbonyl (C=O) groups excluding carboxylic acids is 5. The van der Waals surface area contributed by atoms with Crippen molar-refractivity contribution >= 4 is 29.3 Å². The minimum atomic E-state index is -5.77. The van der Waals surface area contributed by atoms with Gasteiger partial charge in [-0.25, -0.2) is 0 Å². The lowest BCUT2D eigenvalue weighted by atomic mass is 10.1. The number of imide groups is 1. The van der Waals surface area contributed by atoms with E-state index in [1.54, 1.807) is 30.5 Å². The summed E-state index contributed by atoms with van der Waals surface area (Å²) in [6, 6.07) is 16.8. The molecule has 6 rings (SSSR count). The van der Waals surface area contributed by atoms with Crippen LogP contribution in [0.1, 0.15) is 55.3 Å². The Morgan fingerprint density at radius 2 is 1.43 bits per heavy atom. The van der Waals surface area contributed by atoms with Gasteiger partial charge in [0, 0.05) is 60.1 Å². The van der Waals surface area contributed by atoms with Crippen molar-refractivity contribution in [3.63, 3.8) is 0 Å². The van der Waals surface area contributed by atoms with Crippen LogP contribution in [0, 0.1) is 0 Å². The molecule has 4 aromatic rings. The molecule has 254 valence electrons. The van der Waals surface area contributed by atoms with E-state index in [1.807, 2.05) is 36.5 Å². The highest BCUT2D eigenvalue weighted by atomic mass is 19.4. The van der Waals surface area contributed by atoms with Crippen molar-refractivity contribution in [2.75, 3.05) is 13.1 Å². The zero-order valence-corrected chi connectivity index (χ0v) is 25.2. The van der Waals surface area contributed by atoms with Gasteiger partial charge in [0.15, 0.2) is 0 Å². The van der Waals surface area contributed by atoms with Crippen LogP contribution in [0.3, 0.4) is 0 Å². The smallest absolute Gasteiger partial charge is 0.358 e. The molecule has 0 radical (unpaired) electrons. The lowest BCUT2D eigenvalue weighted by Gasteiger charge is -2.13. The number of H-pyrrole nitrogens is 1. The summed E-state index contributed by atoms with van der Waals surface area (Å²) < 4.78 is 67.0. The van der Waals surface area contributed by atoms with Crippen molar-refractivity contribution in [2.24, 2.45) is 0 Å². The van der Waals surface area contributed by atoms with Crippen LogP contribution in [-0.4, -0.2) is 74.6 Å². The van der Waals surface area contributed by atoms with Gasteiger partial charge in [0.1, 0.15) is 0 Å². The molecule has 0 saturated carbocycles. The Balaban J connectivity index is 0.000000335. The number of alkyl halides is 6. The van der Waals surface area contributed by atoms with Gasteiger partial charge < -0.3 is 10.3 Å². The average molecular weight is 686 g/mol. The van der Waals surface area contributed by atoms with Gasteiger partial charge in [-0.3, -0.25) is 38.8 Å². The molecule has 2 N–H and O–H groups in total. The number of unbranched alkanes of at least 4 members (excludes halogenated alkanes) is 1. The first kappa shape index (κ1) is 34.7. The molecule has 16 heteroatoms.